The first-order valence-electron chi connectivity index (χ1n) is 8.10. The molecule has 0 bridgehead atoms. The molecule has 6 atom stereocenters. The van der Waals surface area contributed by atoms with Gasteiger partial charge in [0, 0.05) is 5.57 Å². The highest BCUT2D eigenvalue weighted by atomic mass is 16.7. The Bertz CT molecular complexity index is 540. The van der Waals surface area contributed by atoms with Crippen LogP contribution in [-0.2, 0) is 19.0 Å². The summed E-state index contributed by atoms with van der Waals surface area (Å²) < 4.78 is 16.3. The number of cyclic esters (lactones) is 1. The molecule has 3 rings (SSSR count). The second-order valence-corrected chi connectivity index (χ2v) is 7.30. The van der Waals surface area contributed by atoms with Crippen molar-refractivity contribution in [1.82, 2.24) is 0 Å². The molecule has 2 aliphatic heterocycles. The lowest BCUT2D eigenvalue weighted by atomic mass is 9.72. The van der Waals surface area contributed by atoms with Crippen LogP contribution in [0.15, 0.2) is 11.1 Å². The van der Waals surface area contributed by atoms with Crippen molar-refractivity contribution in [2.24, 2.45) is 5.41 Å². The Morgan fingerprint density at radius 3 is 2.58 bits per heavy atom. The Hall–Kier alpha value is -1.03. The lowest BCUT2D eigenvalue weighted by molar-refractivity contribution is -0.312. The number of rotatable bonds is 3. The van der Waals surface area contributed by atoms with Crippen molar-refractivity contribution < 1.29 is 39.4 Å². The van der Waals surface area contributed by atoms with E-state index in [2.05, 4.69) is 0 Å². The van der Waals surface area contributed by atoms with E-state index in [-0.39, 0.29) is 18.7 Å². The minimum absolute atomic E-state index is 0.242. The van der Waals surface area contributed by atoms with E-state index in [4.69, 9.17) is 14.2 Å². The average Bonchev–Trinajstić information content (AvgIpc) is 2.89. The van der Waals surface area contributed by atoms with Gasteiger partial charge in [-0.05, 0) is 23.8 Å². The van der Waals surface area contributed by atoms with Crippen LogP contribution in [0.3, 0.4) is 0 Å². The lowest BCUT2D eigenvalue weighted by Crippen LogP contribution is -2.59. The molecule has 0 amide bonds. The van der Waals surface area contributed by atoms with E-state index < -0.39 is 42.7 Å². The number of esters is 1. The van der Waals surface area contributed by atoms with Gasteiger partial charge in [0.25, 0.3) is 0 Å². The fourth-order valence-electron chi connectivity index (χ4n) is 3.84. The maximum absolute atomic E-state index is 11.9. The lowest BCUT2D eigenvalue weighted by Gasteiger charge is -2.42. The molecule has 3 aliphatic rings. The van der Waals surface area contributed by atoms with E-state index in [0.29, 0.717) is 18.4 Å². The predicted molar refractivity (Wildman–Crippen MR) is 79.6 cm³/mol. The first kappa shape index (κ1) is 17.8. The molecule has 1 unspecified atom stereocenters. The summed E-state index contributed by atoms with van der Waals surface area (Å²) in [7, 11) is 0. The van der Waals surface area contributed by atoms with Gasteiger partial charge in [-0.25, -0.2) is 4.79 Å². The highest BCUT2D eigenvalue weighted by Gasteiger charge is 2.47. The van der Waals surface area contributed by atoms with Gasteiger partial charge in [0.15, 0.2) is 6.29 Å². The van der Waals surface area contributed by atoms with Crippen molar-refractivity contribution in [2.75, 3.05) is 13.2 Å². The Morgan fingerprint density at radius 1 is 1.21 bits per heavy atom. The third kappa shape index (κ3) is 2.98. The fraction of sp³-hybridized carbons (Fsp3) is 0.812. The van der Waals surface area contributed by atoms with Crippen LogP contribution in [0.25, 0.3) is 0 Å². The maximum atomic E-state index is 11.9. The number of carbonyl (C=O) groups excluding carboxylic acids is 1. The van der Waals surface area contributed by atoms with Crippen LogP contribution in [-0.4, -0.2) is 76.4 Å². The number of ether oxygens (including phenoxy) is 3. The SMILES string of the molecule is CC1(C)CC(O[C@@H]2O[C@H](CO)[C@@H](O)[C@H](O)[C@H]2O)CC2=C1C(=O)OC2. The Balaban J connectivity index is 1.73. The molecule has 8 heteroatoms. The van der Waals surface area contributed by atoms with Crippen molar-refractivity contribution >= 4 is 5.97 Å². The van der Waals surface area contributed by atoms with Gasteiger partial charge in [-0.15, -0.1) is 0 Å². The maximum Gasteiger partial charge on any atom is 0.334 e. The van der Waals surface area contributed by atoms with Gasteiger partial charge in [0.2, 0.25) is 0 Å². The summed E-state index contributed by atoms with van der Waals surface area (Å²) in [4.78, 5) is 11.9. The molecular weight excluding hydrogens is 320 g/mol. The van der Waals surface area contributed by atoms with Gasteiger partial charge in [0.05, 0.1) is 12.7 Å². The van der Waals surface area contributed by atoms with Gasteiger partial charge in [0.1, 0.15) is 31.0 Å². The van der Waals surface area contributed by atoms with Crippen molar-refractivity contribution in [3.63, 3.8) is 0 Å². The van der Waals surface area contributed by atoms with Crippen LogP contribution in [0.5, 0.6) is 0 Å². The molecule has 1 aliphatic carbocycles. The molecule has 0 aromatic rings. The molecule has 0 spiro atoms. The zero-order valence-corrected chi connectivity index (χ0v) is 13.7. The monoisotopic (exact) mass is 344 g/mol. The van der Waals surface area contributed by atoms with Gasteiger partial charge >= 0.3 is 5.97 Å². The first-order valence-corrected chi connectivity index (χ1v) is 8.10. The molecule has 0 aromatic carbocycles. The molecule has 1 fully saturated rings. The van der Waals surface area contributed by atoms with Gasteiger partial charge in [-0.3, -0.25) is 0 Å². The number of carbonyl (C=O) groups is 1. The van der Waals surface area contributed by atoms with Crippen LogP contribution in [0.4, 0.5) is 0 Å². The van der Waals surface area contributed by atoms with E-state index in [1.54, 1.807) is 0 Å². The number of hydrogen-bond donors (Lipinski definition) is 4. The highest BCUT2D eigenvalue weighted by molar-refractivity contribution is 5.93. The molecule has 1 saturated heterocycles. The van der Waals surface area contributed by atoms with E-state index >= 15 is 0 Å². The van der Waals surface area contributed by atoms with E-state index in [9.17, 15) is 25.2 Å². The van der Waals surface area contributed by atoms with E-state index in [1.165, 1.54) is 0 Å². The van der Waals surface area contributed by atoms with Gasteiger partial charge in [-0.2, -0.15) is 0 Å². The molecule has 136 valence electrons. The number of aliphatic hydroxyl groups excluding tert-OH is 4. The van der Waals surface area contributed by atoms with Gasteiger partial charge < -0.3 is 34.6 Å². The Kier molecular flexibility index (Phi) is 4.71. The summed E-state index contributed by atoms with van der Waals surface area (Å²) in [6, 6.07) is 0. The van der Waals surface area contributed by atoms with Crippen LogP contribution < -0.4 is 0 Å². The normalized spacial score (nSPS) is 42.0. The summed E-state index contributed by atoms with van der Waals surface area (Å²) in [5.41, 5.74) is 1.14. The summed E-state index contributed by atoms with van der Waals surface area (Å²) in [5, 5.41) is 39.0. The molecular formula is C16H24O8. The first-order chi connectivity index (χ1) is 11.2. The zero-order valence-electron chi connectivity index (χ0n) is 13.7. The average molecular weight is 344 g/mol. The van der Waals surface area contributed by atoms with Crippen LogP contribution in [0.1, 0.15) is 26.7 Å². The number of hydrogen-bond acceptors (Lipinski definition) is 8. The fourth-order valence-corrected chi connectivity index (χ4v) is 3.84. The third-order valence-electron chi connectivity index (χ3n) is 5.00. The molecule has 4 N–H and O–H groups in total. The Morgan fingerprint density at radius 2 is 1.92 bits per heavy atom. The quantitative estimate of drug-likeness (QED) is 0.473. The molecule has 0 aromatic heterocycles. The second kappa shape index (κ2) is 6.36. The summed E-state index contributed by atoms with van der Waals surface area (Å²) in [5.74, 6) is -0.290. The minimum atomic E-state index is -1.47. The Labute approximate surface area is 139 Å². The van der Waals surface area contributed by atoms with Crippen molar-refractivity contribution in [2.45, 2.75) is 63.5 Å². The van der Waals surface area contributed by atoms with Crippen molar-refractivity contribution in [1.29, 1.82) is 0 Å². The third-order valence-corrected chi connectivity index (χ3v) is 5.00. The summed E-state index contributed by atoms with van der Waals surface area (Å²) in [6.45, 7) is 3.60. The van der Waals surface area contributed by atoms with Gasteiger partial charge in [-0.1, -0.05) is 13.8 Å². The van der Waals surface area contributed by atoms with Crippen molar-refractivity contribution in [3.8, 4) is 0 Å². The van der Waals surface area contributed by atoms with E-state index in [1.807, 2.05) is 13.8 Å². The number of aliphatic hydroxyl groups is 4. The zero-order chi connectivity index (χ0) is 17.6. The topological polar surface area (TPSA) is 126 Å². The molecule has 0 saturated carbocycles. The second-order valence-electron chi connectivity index (χ2n) is 7.30. The smallest absolute Gasteiger partial charge is 0.334 e. The molecule has 2 heterocycles. The summed E-state index contributed by atoms with van der Waals surface area (Å²) in [6.07, 6.45) is -5.82. The molecule has 0 radical (unpaired) electrons. The van der Waals surface area contributed by atoms with Crippen LogP contribution in [0, 0.1) is 5.41 Å². The summed E-state index contributed by atoms with van der Waals surface area (Å²) >= 11 is 0. The van der Waals surface area contributed by atoms with E-state index in [0.717, 1.165) is 5.57 Å². The minimum Gasteiger partial charge on any atom is -0.458 e. The van der Waals surface area contributed by atoms with Crippen LogP contribution >= 0.6 is 0 Å². The molecule has 8 nitrogen and oxygen atoms in total. The van der Waals surface area contributed by atoms with Crippen molar-refractivity contribution in [3.05, 3.63) is 11.1 Å². The van der Waals surface area contributed by atoms with Crippen LogP contribution in [0.2, 0.25) is 0 Å². The molecule has 24 heavy (non-hydrogen) atoms. The predicted octanol–water partition coefficient (Wildman–Crippen LogP) is -1.16. The largest absolute Gasteiger partial charge is 0.458 e. The standard InChI is InChI=1S/C16H24O8/c1-16(2)4-8(3-7-6-22-14(21)10(7)16)23-15-13(20)12(19)11(18)9(5-17)24-15/h8-9,11-13,15,17-20H,3-6H2,1-2H3/t8?,9-,11-,12+,13-,15-/m1/s1. The highest BCUT2D eigenvalue weighted by Crippen LogP contribution is 2.45.